The van der Waals surface area contributed by atoms with E-state index < -0.39 is 10.4 Å². The number of carbonyl (C=O) groups excluding carboxylic acids is 3. The van der Waals surface area contributed by atoms with Crippen molar-refractivity contribution in [3.8, 4) is 5.75 Å². The van der Waals surface area contributed by atoms with Crippen LogP contribution in [0.5, 0.6) is 5.75 Å². The number of Topliss-reactive ketones (excluding diaryl/α,β-unsaturated/α-hetero) is 1. The van der Waals surface area contributed by atoms with Crippen LogP contribution in [-0.4, -0.2) is 63.2 Å². The molecule has 1 aliphatic carbocycles. The van der Waals surface area contributed by atoms with Gasteiger partial charge in [-0.1, -0.05) is 0 Å². The van der Waals surface area contributed by atoms with Gasteiger partial charge < -0.3 is 20.3 Å². The number of aromatic nitrogens is 1. The van der Waals surface area contributed by atoms with E-state index in [1.165, 1.54) is 18.3 Å². The molecule has 2 fully saturated rings. The third-order valence-corrected chi connectivity index (χ3v) is 7.88. The first-order valence-corrected chi connectivity index (χ1v) is 13.3. The van der Waals surface area contributed by atoms with E-state index in [0.717, 1.165) is 12.1 Å². The van der Waals surface area contributed by atoms with E-state index in [1.807, 2.05) is 5.38 Å². The normalized spacial score (nSPS) is 20.0. The summed E-state index contributed by atoms with van der Waals surface area (Å²) < 4.78 is 5.02. The number of benzene rings is 1. The molecule has 36 heavy (non-hydrogen) atoms. The summed E-state index contributed by atoms with van der Waals surface area (Å²) in [6.07, 6.45) is 1.98. The van der Waals surface area contributed by atoms with Gasteiger partial charge in [-0.15, -0.1) is 34.5 Å². The molecule has 2 aliphatic rings. The summed E-state index contributed by atoms with van der Waals surface area (Å²) in [5.74, 6) is -0.172. The number of ether oxygens (including phenoxy) is 1. The number of alkyl halides is 2. The van der Waals surface area contributed by atoms with Crippen LogP contribution in [0, 0.1) is 5.92 Å². The fourth-order valence-corrected chi connectivity index (χ4v) is 5.16. The summed E-state index contributed by atoms with van der Waals surface area (Å²) in [6, 6.07) is 4.57. The molecule has 1 aliphatic heterocycles. The number of rotatable bonds is 11. The van der Waals surface area contributed by atoms with Crippen LogP contribution in [0.25, 0.3) is 0 Å². The van der Waals surface area contributed by atoms with Gasteiger partial charge in [-0.25, -0.2) is 4.98 Å². The van der Waals surface area contributed by atoms with Crippen molar-refractivity contribution >= 4 is 63.5 Å². The van der Waals surface area contributed by atoms with E-state index in [4.69, 9.17) is 33.3 Å². The van der Waals surface area contributed by atoms with Crippen molar-refractivity contribution < 1.29 is 24.5 Å². The second kappa shape index (κ2) is 11.1. The molecule has 0 radical (unpaired) electrons. The monoisotopic (exact) mass is 552 g/mol. The van der Waals surface area contributed by atoms with E-state index in [0.29, 0.717) is 42.9 Å². The number of hydrogen-bond acceptors (Lipinski definition) is 7. The van der Waals surface area contributed by atoms with Gasteiger partial charge in [0.05, 0.1) is 23.3 Å². The highest BCUT2D eigenvalue weighted by Gasteiger charge is 2.51. The number of nitrogens with zero attached hydrogens (tertiary/aromatic N) is 2. The number of ketones is 1. The molecule has 2 heterocycles. The maximum absolute atomic E-state index is 13.0. The number of nitrogens with one attached hydrogen (secondary N) is 2. The molecule has 2 atom stereocenters. The van der Waals surface area contributed by atoms with Crippen molar-refractivity contribution in [3.05, 3.63) is 40.3 Å². The lowest BCUT2D eigenvalue weighted by molar-refractivity contribution is -0.137. The topological polar surface area (TPSA) is 126 Å². The molecule has 9 nitrogen and oxygen atoms in total. The minimum Gasteiger partial charge on any atom is -0.487 e. The number of anilines is 1. The number of likely N-dealkylation sites (tertiary alicyclic amines) is 1. The van der Waals surface area contributed by atoms with Crippen molar-refractivity contribution in [2.45, 2.75) is 43.2 Å². The number of halogens is 2. The van der Waals surface area contributed by atoms with Crippen LogP contribution in [-0.2, 0) is 21.0 Å². The average molecular weight is 553 g/mol. The number of nitrogens with two attached hydrogens (primary N) is 1. The van der Waals surface area contributed by atoms with E-state index in [2.05, 4.69) is 15.6 Å². The summed E-state index contributed by atoms with van der Waals surface area (Å²) in [4.78, 5) is 43.5. The van der Waals surface area contributed by atoms with Gasteiger partial charge in [0, 0.05) is 37.0 Å². The second-order valence-electron chi connectivity index (χ2n) is 8.95. The van der Waals surface area contributed by atoms with Crippen molar-refractivity contribution in [2.75, 3.05) is 25.0 Å². The van der Waals surface area contributed by atoms with E-state index in [9.17, 15) is 14.4 Å². The molecule has 192 valence electrons. The first-order chi connectivity index (χ1) is 17.2. The Hall–Kier alpha value is -2.69. The molecule has 2 amide bonds. The van der Waals surface area contributed by atoms with Crippen LogP contribution in [0.2, 0.25) is 0 Å². The predicted octanol–water partition coefficient (Wildman–Crippen LogP) is 1.57. The van der Waals surface area contributed by atoms with Crippen LogP contribution < -0.4 is 20.8 Å². The Bertz CT molecular complexity index is 1160. The van der Waals surface area contributed by atoms with Crippen molar-refractivity contribution in [1.29, 1.82) is 0 Å². The minimum absolute atomic E-state index is 0.0341. The highest BCUT2D eigenvalue weighted by Crippen LogP contribution is 2.52. The first kappa shape index (κ1) is 26.4. The summed E-state index contributed by atoms with van der Waals surface area (Å²) in [5, 5.41) is 13.9. The summed E-state index contributed by atoms with van der Waals surface area (Å²) in [6.45, 7) is 2.48. The maximum Gasteiger partial charge on any atom is 0.249 e. The van der Waals surface area contributed by atoms with Gasteiger partial charge in [0.15, 0.2) is 0 Å². The third kappa shape index (κ3) is 6.35. The van der Waals surface area contributed by atoms with Crippen LogP contribution in [0.3, 0.4) is 0 Å². The smallest absolute Gasteiger partial charge is 0.249 e. The van der Waals surface area contributed by atoms with Crippen molar-refractivity contribution in [3.63, 3.8) is 0 Å². The molecular weight excluding hydrogens is 525 g/mol. The Labute approximate surface area is 223 Å². The van der Waals surface area contributed by atoms with Gasteiger partial charge in [-0.3, -0.25) is 19.8 Å². The number of thiazole rings is 1. The SMILES string of the molecule is CC(=O)C(=[NH2+])c1cc(OCc2cscn2)ccc1NCC(=O)N1CCC[C@H]1C(=O)NC[C@H]1CC1(Cl)Cl. The number of hydrogen-bond donors (Lipinski definition) is 3. The zero-order valence-corrected chi connectivity index (χ0v) is 22.1. The molecule has 0 unspecified atom stereocenters. The molecule has 4 N–H and O–H groups in total. The van der Waals surface area contributed by atoms with Gasteiger partial charge in [-0.2, -0.15) is 0 Å². The van der Waals surface area contributed by atoms with E-state index >= 15 is 0 Å². The molecule has 1 aromatic carbocycles. The number of carbonyl (C=O) groups is 3. The second-order valence-corrected chi connectivity index (χ2v) is 11.2. The Morgan fingerprint density at radius 1 is 1.33 bits per heavy atom. The van der Waals surface area contributed by atoms with Crippen molar-refractivity contribution in [2.24, 2.45) is 5.92 Å². The quantitative estimate of drug-likeness (QED) is 0.287. The van der Waals surface area contributed by atoms with E-state index in [1.54, 1.807) is 28.6 Å². The van der Waals surface area contributed by atoms with Gasteiger partial charge in [0.2, 0.25) is 23.3 Å². The Morgan fingerprint density at radius 2 is 2.11 bits per heavy atom. The first-order valence-electron chi connectivity index (χ1n) is 11.6. The standard InChI is InChI=1S/C24H27Cl2N5O4S/c1-14(32)22(27)18-7-17(35-11-16-12-36-13-30-16)4-5-19(18)28-10-21(33)31-6-2-3-20(31)23(34)29-9-15-8-24(15,25)26/h4-5,7,12-13,15,20,27-28H,2-3,6,8-11H2,1H3,(H,29,34)/p+1/t15-,20+/m1/s1. The Morgan fingerprint density at radius 3 is 2.78 bits per heavy atom. The Balaban J connectivity index is 1.38. The molecule has 1 saturated carbocycles. The molecule has 1 saturated heterocycles. The lowest BCUT2D eigenvalue weighted by Crippen LogP contribution is -2.48. The predicted molar refractivity (Wildman–Crippen MR) is 138 cm³/mol. The molecule has 1 aromatic heterocycles. The molecule has 4 rings (SSSR count). The molecular formula is C24H28Cl2N5O4S+. The zero-order chi connectivity index (χ0) is 25.9. The van der Waals surface area contributed by atoms with E-state index in [-0.39, 0.29) is 42.4 Å². The van der Waals surface area contributed by atoms with Gasteiger partial charge >= 0.3 is 0 Å². The molecule has 0 spiro atoms. The maximum atomic E-state index is 13.0. The van der Waals surface area contributed by atoms with Gasteiger partial charge in [0.25, 0.3) is 0 Å². The Kier molecular flexibility index (Phi) is 8.17. The highest BCUT2D eigenvalue weighted by molar-refractivity contribution is 7.07. The minimum atomic E-state index is -0.764. The van der Waals surface area contributed by atoms with Crippen LogP contribution in [0.4, 0.5) is 5.69 Å². The lowest BCUT2D eigenvalue weighted by Gasteiger charge is -2.24. The van der Waals surface area contributed by atoms with Gasteiger partial charge in [0.1, 0.15) is 22.7 Å². The zero-order valence-electron chi connectivity index (χ0n) is 19.8. The molecule has 0 bridgehead atoms. The van der Waals surface area contributed by atoms with Gasteiger partial charge in [-0.05, 0) is 37.5 Å². The third-order valence-electron chi connectivity index (χ3n) is 6.31. The summed E-state index contributed by atoms with van der Waals surface area (Å²) in [5.41, 5.74) is 3.53. The van der Waals surface area contributed by atoms with Crippen LogP contribution in [0.1, 0.15) is 37.4 Å². The molecule has 12 heteroatoms. The number of amides is 2. The fourth-order valence-electron chi connectivity index (χ4n) is 4.09. The molecule has 2 aromatic rings. The lowest BCUT2D eigenvalue weighted by atomic mass is 10.0. The fraction of sp³-hybridized carbons (Fsp3) is 0.458. The van der Waals surface area contributed by atoms with Crippen molar-refractivity contribution in [1.82, 2.24) is 15.2 Å². The van der Waals surface area contributed by atoms with Crippen LogP contribution >= 0.6 is 34.5 Å². The summed E-state index contributed by atoms with van der Waals surface area (Å²) in [7, 11) is 0. The average Bonchev–Trinajstić information content (AvgIpc) is 3.29. The van der Waals surface area contributed by atoms with Crippen LogP contribution in [0.15, 0.2) is 29.1 Å². The highest BCUT2D eigenvalue weighted by atomic mass is 35.5. The largest absolute Gasteiger partial charge is 0.487 e. The summed E-state index contributed by atoms with van der Waals surface area (Å²) >= 11 is 13.5.